The highest BCUT2D eigenvalue weighted by molar-refractivity contribution is 5.94. The predicted molar refractivity (Wildman–Crippen MR) is 92.5 cm³/mol. The lowest BCUT2D eigenvalue weighted by molar-refractivity contribution is -0.121. The standard InChI is InChI=1S/C18H21F3N4O2/c1-11-9-13(23-27-11)10-24-5-7-25(8-6-24)12(2)18(26)22-15-4-3-14(19)16(20)17(15)21/h3-4,9,12H,5-8,10H2,1-2H3,(H,22,26)/t12-/m1/s1. The third-order valence-electron chi connectivity index (χ3n) is 4.69. The number of nitrogens with one attached hydrogen (secondary N) is 1. The minimum Gasteiger partial charge on any atom is -0.361 e. The number of anilines is 1. The average Bonchev–Trinajstić information content (AvgIpc) is 3.07. The molecule has 27 heavy (non-hydrogen) atoms. The van der Waals surface area contributed by atoms with Crippen molar-refractivity contribution in [2.45, 2.75) is 26.4 Å². The number of carbonyl (C=O) groups is 1. The van der Waals surface area contributed by atoms with Crippen molar-refractivity contribution in [1.82, 2.24) is 15.0 Å². The lowest BCUT2D eigenvalue weighted by Gasteiger charge is -2.37. The Bertz CT molecular complexity index is 819. The molecule has 2 aromatic rings. The number of piperazine rings is 1. The highest BCUT2D eigenvalue weighted by Crippen LogP contribution is 2.20. The molecule has 1 amide bonds. The highest BCUT2D eigenvalue weighted by atomic mass is 19.2. The van der Waals surface area contributed by atoms with Gasteiger partial charge < -0.3 is 9.84 Å². The molecule has 6 nitrogen and oxygen atoms in total. The molecule has 0 unspecified atom stereocenters. The summed E-state index contributed by atoms with van der Waals surface area (Å²) < 4.78 is 45.1. The summed E-state index contributed by atoms with van der Waals surface area (Å²) in [6, 6.07) is 3.15. The molecule has 0 bridgehead atoms. The van der Waals surface area contributed by atoms with Crippen molar-refractivity contribution in [3.8, 4) is 0 Å². The average molecular weight is 382 g/mol. The van der Waals surface area contributed by atoms with Gasteiger partial charge in [0.1, 0.15) is 5.76 Å². The molecule has 0 spiro atoms. The minimum atomic E-state index is -1.60. The second kappa shape index (κ2) is 8.10. The first-order valence-electron chi connectivity index (χ1n) is 8.68. The van der Waals surface area contributed by atoms with Crippen molar-refractivity contribution in [2.24, 2.45) is 0 Å². The van der Waals surface area contributed by atoms with E-state index in [1.54, 1.807) is 6.92 Å². The van der Waals surface area contributed by atoms with Crippen LogP contribution in [0, 0.1) is 24.4 Å². The Labute approximate surface area is 154 Å². The number of hydrogen-bond acceptors (Lipinski definition) is 5. The van der Waals surface area contributed by atoms with Crippen molar-refractivity contribution in [3.05, 3.63) is 47.1 Å². The summed E-state index contributed by atoms with van der Waals surface area (Å²) in [5.41, 5.74) is 0.492. The van der Waals surface area contributed by atoms with Crippen LogP contribution in [0.2, 0.25) is 0 Å². The fourth-order valence-corrected chi connectivity index (χ4v) is 3.06. The summed E-state index contributed by atoms with van der Waals surface area (Å²) in [5, 5.41) is 6.30. The van der Waals surface area contributed by atoms with E-state index in [0.717, 1.165) is 36.7 Å². The molecule has 0 radical (unpaired) electrons. The van der Waals surface area contributed by atoms with Crippen LogP contribution in [0.15, 0.2) is 22.7 Å². The van der Waals surface area contributed by atoms with E-state index in [-0.39, 0.29) is 5.69 Å². The number of benzene rings is 1. The zero-order chi connectivity index (χ0) is 19.6. The van der Waals surface area contributed by atoms with Crippen LogP contribution in [-0.4, -0.2) is 53.1 Å². The number of aromatic nitrogens is 1. The first-order valence-corrected chi connectivity index (χ1v) is 8.68. The topological polar surface area (TPSA) is 61.6 Å². The first-order chi connectivity index (χ1) is 12.8. The van der Waals surface area contributed by atoms with Gasteiger partial charge in [0.05, 0.1) is 17.4 Å². The third-order valence-corrected chi connectivity index (χ3v) is 4.69. The number of amides is 1. The van der Waals surface area contributed by atoms with E-state index in [1.807, 2.05) is 17.9 Å². The maximum absolute atomic E-state index is 13.7. The molecule has 0 aliphatic carbocycles. The summed E-state index contributed by atoms with van der Waals surface area (Å²) in [4.78, 5) is 16.5. The molecule has 1 N–H and O–H groups in total. The SMILES string of the molecule is Cc1cc(CN2CCN([C@H](C)C(=O)Nc3ccc(F)c(F)c3F)CC2)no1. The van der Waals surface area contributed by atoms with Crippen LogP contribution < -0.4 is 5.32 Å². The molecule has 1 aliphatic heterocycles. The Balaban J connectivity index is 1.53. The third kappa shape index (κ3) is 4.48. The van der Waals surface area contributed by atoms with Crippen LogP contribution in [-0.2, 0) is 11.3 Å². The smallest absolute Gasteiger partial charge is 0.241 e. The molecular formula is C18H21F3N4O2. The van der Waals surface area contributed by atoms with Crippen LogP contribution in [0.25, 0.3) is 0 Å². The lowest BCUT2D eigenvalue weighted by atomic mass is 10.2. The summed E-state index contributed by atoms with van der Waals surface area (Å²) >= 11 is 0. The summed E-state index contributed by atoms with van der Waals surface area (Å²) in [5.74, 6) is -4.00. The van der Waals surface area contributed by atoms with Crippen LogP contribution in [0.4, 0.5) is 18.9 Å². The molecule has 1 aromatic heterocycles. The van der Waals surface area contributed by atoms with Gasteiger partial charge in [-0.25, -0.2) is 13.2 Å². The van der Waals surface area contributed by atoms with Gasteiger partial charge in [-0.15, -0.1) is 0 Å². The number of nitrogens with zero attached hydrogens (tertiary/aromatic N) is 3. The van der Waals surface area contributed by atoms with Crippen LogP contribution in [0.3, 0.4) is 0 Å². The second-order valence-corrected chi connectivity index (χ2v) is 6.63. The minimum absolute atomic E-state index is 0.370. The van der Waals surface area contributed by atoms with Crippen molar-refractivity contribution < 1.29 is 22.5 Å². The largest absolute Gasteiger partial charge is 0.361 e. The van der Waals surface area contributed by atoms with Crippen molar-refractivity contribution in [2.75, 3.05) is 31.5 Å². The van der Waals surface area contributed by atoms with Gasteiger partial charge >= 0.3 is 0 Å². The lowest BCUT2D eigenvalue weighted by Crippen LogP contribution is -2.52. The zero-order valence-electron chi connectivity index (χ0n) is 15.1. The van der Waals surface area contributed by atoms with Crippen LogP contribution in [0.5, 0.6) is 0 Å². The second-order valence-electron chi connectivity index (χ2n) is 6.63. The van der Waals surface area contributed by atoms with E-state index in [1.165, 1.54) is 0 Å². The maximum Gasteiger partial charge on any atom is 0.241 e. The van der Waals surface area contributed by atoms with Crippen molar-refractivity contribution >= 4 is 11.6 Å². The number of hydrogen-bond donors (Lipinski definition) is 1. The first kappa shape index (κ1) is 19.4. The van der Waals surface area contributed by atoms with Crippen molar-refractivity contribution in [3.63, 3.8) is 0 Å². The maximum atomic E-state index is 13.7. The molecular weight excluding hydrogens is 361 g/mol. The summed E-state index contributed by atoms with van der Waals surface area (Å²) in [6.07, 6.45) is 0. The van der Waals surface area contributed by atoms with Crippen LogP contribution in [0.1, 0.15) is 18.4 Å². The van der Waals surface area contributed by atoms with Gasteiger partial charge in [0.2, 0.25) is 5.91 Å². The molecule has 2 heterocycles. The van der Waals surface area contributed by atoms with E-state index in [4.69, 9.17) is 4.52 Å². The van der Waals surface area contributed by atoms with E-state index < -0.39 is 29.4 Å². The normalized spacial score (nSPS) is 17.1. The molecule has 1 fully saturated rings. The van der Waals surface area contributed by atoms with E-state index in [2.05, 4.69) is 15.4 Å². The van der Waals surface area contributed by atoms with E-state index in [0.29, 0.717) is 19.6 Å². The van der Waals surface area contributed by atoms with Crippen molar-refractivity contribution in [1.29, 1.82) is 0 Å². The molecule has 3 rings (SSSR count). The van der Waals surface area contributed by atoms with Crippen LogP contribution >= 0.6 is 0 Å². The molecule has 9 heteroatoms. The van der Waals surface area contributed by atoms with Gasteiger partial charge in [0.25, 0.3) is 0 Å². The Morgan fingerprint density at radius 2 is 1.93 bits per heavy atom. The van der Waals surface area contributed by atoms with Gasteiger partial charge in [-0.1, -0.05) is 5.16 Å². The Kier molecular flexibility index (Phi) is 5.81. The predicted octanol–water partition coefficient (Wildman–Crippen LogP) is 2.55. The van der Waals surface area contributed by atoms with Gasteiger partial charge in [-0.05, 0) is 26.0 Å². The summed E-state index contributed by atoms with van der Waals surface area (Å²) in [6.45, 7) is 6.98. The van der Waals surface area contributed by atoms with Gasteiger partial charge in [0, 0.05) is 38.8 Å². The number of rotatable bonds is 5. The van der Waals surface area contributed by atoms with Gasteiger partial charge in [-0.3, -0.25) is 14.6 Å². The number of carbonyl (C=O) groups excluding carboxylic acids is 1. The number of aryl methyl sites for hydroxylation is 1. The quantitative estimate of drug-likeness (QED) is 0.806. The van der Waals surface area contributed by atoms with Gasteiger partial charge in [-0.2, -0.15) is 0 Å². The molecule has 0 saturated carbocycles. The Morgan fingerprint density at radius 3 is 2.56 bits per heavy atom. The molecule has 1 atom stereocenters. The monoisotopic (exact) mass is 382 g/mol. The fraction of sp³-hybridized carbons (Fsp3) is 0.444. The Hall–Kier alpha value is -2.39. The fourth-order valence-electron chi connectivity index (χ4n) is 3.06. The number of halogens is 3. The molecule has 146 valence electrons. The highest BCUT2D eigenvalue weighted by Gasteiger charge is 2.27. The molecule has 1 aromatic carbocycles. The molecule has 1 aliphatic rings. The van der Waals surface area contributed by atoms with E-state index >= 15 is 0 Å². The zero-order valence-corrected chi connectivity index (χ0v) is 15.1. The molecule has 1 saturated heterocycles. The van der Waals surface area contributed by atoms with E-state index in [9.17, 15) is 18.0 Å². The van der Waals surface area contributed by atoms with Gasteiger partial charge in [0.15, 0.2) is 17.5 Å². The Morgan fingerprint density at radius 1 is 1.22 bits per heavy atom. The summed E-state index contributed by atoms with van der Waals surface area (Å²) in [7, 11) is 0.